The molecule has 4 aromatic rings. The predicted octanol–water partition coefficient (Wildman–Crippen LogP) is 5.88. The molecule has 5 rings (SSSR count). The molecule has 2 heterocycles. The Labute approximate surface area is 231 Å². The Kier molecular flexibility index (Phi) is 7.79. The van der Waals surface area contributed by atoms with E-state index in [9.17, 15) is 9.59 Å². The molecule has 0 amide bonds. The van der Waals surface area contributed by atoms with Crippen molar-refractivity contribution in [3.8, 4) is 11.1 Å². The molecule has 3 aromatic carbocycles. The Hall–Kier alpha value is -4.37. The zero-order chi connectivity index (χ0) is 27.4. The Bertz CT molecular complexity index is 1510. The second kappa shape index (κ2) is 11.6. The van der Waals surface area contributed by atoms with Crippen molar-refractivity contribution in [2.24, 2.45) is 0 Å². The van der Waals surface area contributed by atoms with Crippen molar-refractivity contribution in [3.63, 3.8) is 0 Å². The van der Waals surface area contributed by atoms with Crippen molar-refractivity contribution in [2.75, 3.05) is 19.0 Å². The van der Waals surface area contributed by atoms with Crippen LogP contribution in [0.1, 0.15) is 41.4 Å². The maximum atomic E-state index is 13.0. The molecule has 1 unspecified atom stereocenters. The number of thioether (sulfide) groups is 1. The van der Waals surface area contributed by atoms with Gasteiger partial charge >= 0.3 is 11.9 Å². The van der Waals surface area contributed by atoms with Crippen molar-refractivity contribution in [1.82, 2.24) is 14.8 Å². The SMILES string of the molecule is CCOC(=O)C1=C(C)Nc2nc(SCc3ccc(-c4ccccc4)cc3)nn2C1c1ccc(C(=O)OC)cc1. The quantitative estimate of drug-likeness (QED) is 0.219. The van der Waals surface area contributed by atoms with Gasteiger partial charge in [0.1, 0.15) is 6.04 Å². The molecule has 39 heavy (non-hydrogen) atoms. The first-order valence-corrected chi connectivity index (χ1v) is 13.5. The Morgan fingerprint density at radius 3 is 2.31 bits per heavy atom. The molecule has 0 saturated carbocycles. The van der Waals surface area contributed by atoms with E-state index in [2.05, 4.69) is 41.7 Å². The fourth-order valence-corrected chi connectivity index (χ4v) is 5.25. The van der Waals surface area contributed by atoms with E-state index >= 15 is 0 Å². The number of carbonyl (C=O) groups is 2. The molecule has 8 nitrogen and oxygen atoms in total. The molecule has 1 aromatic heterocycles. The van der Waals surface area contributed by atoms with Gasteiger partial charge in [0.15, 0.2) is 0 Å². The van der Waals surface area contributed by atoms with Crippen LogP contribution in [0.2, 0.25) is 0 Å². The fourth-order valence-electron chi connectivity index (χ4n) is 4.47. The van der Waals surface area contributed by atoms with Crippen molar-refractivity contribution < 1.29 is 19.1 Å². The van der Waals surface area contributed by atoms with E-state index in [1.54, 1.807) is 35.9 Å². The summed E-state index contributed by atoms with van der Waals surface area (Å²) in [6.45, 7) is 3.84. The normalized spacial score (nSPS) is 14.4. The fraction of sp³-hybridized carbons (Fsp3) is 0.200. The van der Waals surface area contributed by atoms with Gasteiger partial charge in [-0.15, -0.1) is 5.10 Å². The summed E-state index contributed by atoms with van der Waals surface area (Å²) in [7, 11) is 1.34. The summed E-state index contributed by atoms with van der Waals surface area (Å²) in [6, 6.07) is 25.1. The maximum absolute atomic E-state index is 13.0. The first kappa shape index (κ1) is 26.2. The average molecular weight is 541 g/mol. The number of esters is 2. The molecule has 0 aliphatic carbocycles. The summed E-state index contributed by atoms with van der Waals surface area (Å²) in [6.07, 6.45) is 0. The number of allylic oxidation sites excluding steroid dienone is 1. The van der Waals surface area contributed by atoms with E-state index in [-0.39, 0.29) is 6.61 Å². The number of carbonyl (C=O) groups excluding carboxylic acids is 2. The van der Waals surface area contributed by atoms with Gasteiger partial charge in [0, 0.05) is 11.4 Å². The lowest BCUT2D eigenvalue weighted by Gasteiger charge is -2.28. The van der Waals surface area contributed by atoms with Crippen LogP contribution in [0.4, 0.5) is 5.95 Å². The third-order valence-corrected chi connectivity index (χ3v) is 7.31. The average Bonchev–Trinajstić information content (AvgIpc) is 3.38. The standard InChI is InChI=1S/C30H28N4O4S/c1-4-38-28(36)25-19(2)31-29-32-30(33-34(29)26(25)23-14-16-24(17-15-23)27(35)37-3)39-18-20-10-12-22(13-11-20)21-8-6-5-7-9-21/h5-17,26H,4,18H2,1-3H3,(H,31,32,33). The van der Waals surface area contributed by atoms with Crippen LogP contribution < -0.4 is 5.32 Å². The Morgan fingerprint density at radius 1 is 0.949 bits per heavy atom. The molecule has 0 bridgehead atoms. The van der Waals surface area contributed by atoms with E-state index in [4.69, 9.17) is 19.6 Å². The highest BCUT2D eigenvalue weighted by atomic mass is 32.2. The molecular formula is C30H28N4O4S. The van der Waals surface area contributed by atoms with Crippen molar-refractivity contribution in [2.45, 2.75) is 30.8 Å². The Balaban J connectivity index is 1.40. The summed E-state index contributed by atoms with van der Waals surface area (Å²) >= 11 is 1.52. The van der Waals surface area contributed by atoms with E-state index in [1.165, 1.54) is 30.0 Å². The number of ether oxygens (including phenoxy) is 2. The van der Waals surface area contributed by atoms with Gasteiger partial charge in [-0.1, -0.05) is 78.5 Å². The van der Waals surface area contributed by atoms with E-state index in [0.29, 0.717) is 33.7 Å². The molecule has 0 spiro atoms. The molecule has 1 N–H and O–H groups in total. The first-order chi connectivity index (χ1) is 19.0. The van der Waals surface area contributed by atoms with Gasteiger partial charge < -0.3 is 14.8 Å². The van der Waals surface area contributed by atoms with Crippen molar-refractivity contribution in [3.05, 3.63) is 107 Å². The monoisotopic (exact) mass is 540 g/mol. The number of hydrogen-bond donors (Lipinski definition) is 1. The van der Waals surface area contributed by atoms with Crippen LogP contribution in [-0.2, 0) is 20.0 Å². The number of benzene rings is 3. The highest BCUT2D eigenvalue weighted by Gasteiger charge is 2.35. The Morgan fingerprint density at radius 2 is 1.64 bits per heavy atom. The number of aromatic nitrogens is 3. The largest absolute Gasteiger partial charge is 0.465 e. The number of rotatable bonds is 8. The molecule has 0 fully saturated rings. The van der Waals surface area contributed by atoms with Gasteiger partial charge in [-0.25, -0.2) is 14.3 Å². The molecule has 198 valence electrons. The third kappa shape index (κ3) is 5.58. The summed E-state index contributed by atoms with van der Waals surface area (Å²) in [5, 5.41) is 8.56. The summed E-state index contributed by atoms with van der Waals surface area (Å²) in [5.74, 6) is 0.359. The summed E-state index contributed by atoms with van der Waals surface area (Å²) in [4.78, 5) is 29.7. The van der Waals surface area contributed by atoms with E-state index in [0.717, 1.165) is 11.1 Å². The third-order valence-electron chi connectivity index (χ3n) is 6.41. The lowest BCUT2D eigenvalue weighted by atomic mass is 9.95. The molecule has 1 aliphatic heterocycles. The van der Waals surface area contributed by atoms with E-state index < -0.39 is 18.0 Å². The minimum absolute atomic E-state index is 0.248. The molecule has 9 heteroatoms. The van der Waals surface area contributed by atoms with Gasteiger partial charge in [0.2, 0.25) is 11.1 Å². The van der Waals surface area contributed by atoms with Crippen molar-refractivity contribution >= 4 is 29.6 Å². The van der Waals surface area contributed by atoms with E-state index in [1.807, 2.05) is 25.1 Å². The summed E-state index contributed by atoms with van der Waals surface area (Å²) in [5.41, 5.74) is 5.76. The molecule has 0 radical (unpaired) electrons. The number of nitrogens with zero attached hydrogens (tertiary/aromatic N) is 3. The van der Waals surface area contributed by atoms with Crippen LogP contribution in [0.25, 0.3) is 11.1 Å². The number of anilines is 1. The number of nitrogens with one attached hydrogen (secondary N) is 1. The predicted molar refractivity (Wildman–Crippen MR) is 150 cm³/mol. The van der Waals surface area contributed by atoms with Gasteiger partial charge in [-0.05, 0) is 48.2 Å². The topological polar surface area (TPSA) is 95.3 Å². The lowest BCUT2D eigenvalue weighted by molar-refractivity contribution is -0.139. The lowest BCUT2D eigenvalue weighted by Crippen LogP contribution is -2.29. The van der Waals surface area contributed by atoms with Gasteiger partial charge in [-0.3, -0.25) is 0 Å². The smallest absolute Gasteiger partial charge is 0.338 e. The van der Waals surface area contributed by atoms with Gasteiger partial charge in [-0.2, -0.15) is 4.98 Å². The minimum Gasteiger partial charge on any atom is -0.465 e. The van der Waals surface area contributed by atoms with Crippen LogP contribution in [0.15, 0.2) is 95.3 Å². The maximum Gasteiger partial charge on any atom is 0.338 e. The second-order valence-corrected chi connectivity index (χ2v) is 9.86. The number of methoxy groups -OCH3 is 1. The molecule has 1 aliphatic rings. The van der Waals surface area contributed by atoms with Gasteiger partial charge in [0.05, 0.1) is 24.9 Å². The summed E-state index contributed by atoms with van der Waals surface area (Å²) < 4.78 is 11.9. The van der Waals surface area contributed by atoms with Crippen LogP contribution in [0, 0.1) is 0 Å². The van der Waals surface area contributed by atoms with Crippen LogP contribution in [0.3, 0.4) is 0 Å². The van der Waals surface area contributed by atoms with Crippen LogP contribution in [-0.4, -0.2) is 40.4 Å². The minimum atomic E-state index is -0.570. The van der Waals surface area contributed by atoms with Crippen LogP contribution >= 0.6 is 11.8 Å². The highest BCUT2D eigenvalue weighted by Crippen LogP contribution is 2.37. The second-order valence-electron chi connectivity index (χ2n) is 8.91. The van der Waals surface area contributed by atoms with Crippen LogP contribution in [0.5, 0.6) is 0 Å². The molecule has 1 atom stereocenters. The first-order valence-electron chi connectivity index (χ1n) is 12.6. The zero-order valence-corrected chi connectivity index (χ0v) is 22.7. The highest BCUT2D eigenvalue weighted by molar-refractivity contribution is 7.98. The number of hydrogen-bond acceptors (Lipinski definition) is 8. The molecular weight excluding hydrogens is 512 g/mol. The zero-order valence-electron chi connectivity index (χ0n) is 21.9. The van der Waals surface area contributed by atoms with Gasteiger partial charge in [0.25, 0.3) is 0 Å². The number of fused-ring (bicyclic) bond motifs is 1. The molecule has 0 saturated heterocycles. The van der Waals surface area contributed by atoms with Crippen molar-refractivity contribution in [1.29, 1.82) is 0 Å².